The largest absolute Gasteiger partial charge is 0.394 e. The normalized spacial score (nSPS) is 14.9. The zero-order valence-corrected chi connectivity index (χ0v) is 11.6. The summed E-state index contributed by atoms with van der Waals surface area (Å²) in [7, 11) is 0. The van der Waals surface area contributed by atoms with Crippen molar-refractivity contribution in [2.24, 2.45) is 5.92 Å². The van der Waals surface area contributed by atoms with Crippen molar-refractivity contribution in [1.29, 1.82) is 0 Å². The fourth-order valence-electron chi connectivity index (χ4n) is 2.45. The summed E-state index contributed by atoms with van der Waals surface area (Å²) in [5.41, 5.74) is 2.96. The van der Waals surface area contributed by atoms with Crippen LogP contribution in [0.1, 0.15) is 36.2 Å². The van der Waals surface area contributed by atoms with E-state index in [2.05, 4.69) is 24.5 Å². The zero-order chi connectivity index (χ0) is 13.8. The molecule has 1 unspecified atom stereocenters. The molecule has 1 aliphatic rings. The van der Waals surface area contributed by atoms with Crippen LogP contribution in [-0.2, 0) is 6.42 Å². The van der Waals surface area contributed by atoms with Gasteiger partial charge in [0.1, 0.15) is 0 Å². The van der Waals surface area contributed by atoms with Gasteiger partial charge in [0.25, 0.3) is 5.91 Å². The Morgan fingerprint density at radius 1 is 1.47 bits per heavy atom. The zero-order valence-electron chi connectivity index (χ0n) is 11.6. The first-order valence-corrected chi connectivity index (χ1v) is 6.88. The second-order valence-corrected chi connectivity index (χ2v) is 5.53. The average Bonchev–Trinajstić information content (AvgIpc) is 2.84. The number of fused-ring (bicyclic) bond motifs is 1. The minimum atomic E-state index is -0.172. The van der Waals surface area contributed by atoms with E-state index in [-0.39, 0.29) is 18.6 Å². The van der Waals surface area contributed by atoms with Gasteiger partial charge in [-0.05, 0) is 36.5 Å². The molecule has 104 valence electrons. The number of rotatable bonds is 5. The standard InChI is InChI=1S/C15H22N2O2/c1-10(2)7-13(9-18)17-15(19)12-4-3-11-5-6-16-14(11)8-12/h3-4,8,10,13,16,18H,5-7,9H2,1-2H3,(H,17,19). The number of carbonyl (C=O) groups excluding carboxylic acids is 1. The summed E-state index contributed by atoms with van der Waals surface area (Å²) in [4.78, 5) is 12.1. The van der Waals surface area contributed by atoms with E-state index in [1.165, 1.54) is 5.56 Å². The van der Waals surface area contributed by atoms with Gasteiger partial charge in [0.15, 0.2) is 0 Å². The number of hydrogen-bond acceptors (Lipinski definition) is 3. The summed E-state index contributed by atoms with van der Waals surface area (Å²) in [5.74, 6) is 0.329. The second kappa shape index (κ2) is 6.06. The van der Waals surface area contributed by atoms with Crippen LogP contribution in [0.2, 0.25) is 0 Å². The van der Waals surface area contributed by atoms with Crippen molar-refractivity contribution in [2.75, 3.05) is 18.5 Å². The third-order valence-corrected chi connectivity index (χ3v) is 3.39. The molecule has 1 aromatic rings. The van der Waals surface area contributed by atoms with Gasteiger partial charge in [0, 0.05) is 17.8 Å². The van der Waals surface area contributed by atoms with Gasteiger partial charge in [-0.2, -0.15) is 0 Å². The van der Waals surface area contributed by atoms with Gasteiger partial charge in [-0.25, -0.2) is 0 Å². The van der Waals surface area contributed by atoms with Gasteiger partial charge in [0.2, 0.25) is 0 Å². The van der Waals surface area contributed by atoms with E-state index in [4.69, 9.17) is 0 Å². The highest BCUT2D eigenvalue weighted by Crippen LogP contribution is 2.23. The summed E-state index contributed by atoms with van der Waals surface area (Å²) in [5, 5.41) is 15.5. The number of nitrogens with one attached hydrogen (secondary N) is 2. The molecule has 19 heavy (non-hydrogen) atoms. The highest BCUT2D eigenvalue weighted by Gasteiger charge is 2.17. The Labute approximate surface area is 114 Å². The number of aliphatic hydroxyl groups excluding tert-OH is 1. The highest BCUT2D eigenvalue weighted by atomic mass is 16.3. The summed E-state index contributed by atoms with van der Waals surface area (Å²) in [6, 6.07) is 5.57. The van der Waals surface area contributed by atoms with Crippen LogP contribution in [0.4, 0.5) is 5.69 Å². The molecule has 4 nitrogen and oxygen atoms in total. The van der Waals surface area contributed by atoms with Crippen LogP contribution in [0.25, 0.3) is 0 Å². The van der Waals surface area contributed by atoms with Gasteiger partial charge < -0.3 is 15.7 Å². The Kier molecular flexibility index (Phi) is 4.43. The number of aliphatic hydroxyl groups is 1. The predicted octanol–water partition coefficient (Wildman–Crippen LogP) is 1.79. The number of carbonyl (C=O) groups is 1. The van der Waals surface area contributed by atoms with Crippen molar-refractivity contribution >= 4 is 11.6 Å². The molecule has 0 bridgehead atoms. The molecule has 0 radical (unpaired) electrons. The number of anilines is 1. The van der Waals surface area contributed by atoms with Crippen molar-refractivity contribution < 1.29 is 9.90 Å². The molecule has 0 saturated carbocycles. The number of benzene rings is 1. The Morgan fingerprint density at radius 2 is 2.26 bits per heavy atom. The SMILES string of the molecule is CC(C)CC(CO)NC(=O)c1ccc2c(c1)NCC2. The Hall–Kier alpha value is -1.55. The Balaban J connectivity index is 2.03. The first kappa shape index (κ1) is 13.9. The molecule has 1 atom stereocenters. The Morgan fingerprint density at radius 3 is 2.95 bits per heavy atom. The van der Waals surface area contributed by atoms with Crippen molar-refractivity contribution in [3.8, 4) is 0 Å². The molecule has 3 N–H and O–H groups in total. The second-order valence-electron chi connectivity index (χ2n) is 5.53. The van der Waals surface area contributed by atoms with Gasteiger partial charge in [-0.1, -0.05) is 19.9 Å². The molecule has 4 heteroatoms. The smallest absolute Gasteiger partial charge is 0.251 e. The first-order valence-electron chi connectivity index (χ1n) is 6.88. The topological polar surface area (TPSA) is 61.4 Å². The summed E-state index contributed by atoms with van der Waals surface area (Å²) in [6.45, 7) is 5.07. The van der Waals surface area contributed by atoms with E-state index in [1.807, 2.05) is 18.2 Å². The van der Waals surface area contributed by atoms with Crippen LogP contribution < -0.4 is 10.6 Å². The highest BCUT2D eigenvalue weighted by molar-refractivity contribution is 5.95. The van der Waals surface area contributed by atoms with Crippen molar-refractivity contribution in [3.05, 3.63) is 29.3 Å². The molecule has 0 fully saturated rings. The van der Waals surface area contributed by atoms with Crippen LogP contribution in [0.3, 0.4) is 0 Å². The van der Waals surface area contributed by atoms with Crippen LogP contribution in [0.15, 0.2) is 18.2 Å². The molecule has 2 rings (SSSR count). The fourth-order valence-corrected chi connectivity index (χ4v) is 2.45. The third-order valence-electron chi connectivity index (χ3n) is 3.39. The minimum Gasteiger partial charge on any atom is -0.394 e. The van der Waals surface area contributed by atoms with Gasteiger partial charge in [-0.3, -0.25) is 4.79 Å². The molecule has 1 heterocycles. The maximum Gasteiger partial charge on any atom is 0.251 e. The molecule has 0 aromatic heterocycles. The lowest BCUT2D eigenvalue weighted by atomic mass is 10.0. The molecule has 0 saturated heterocycles. The molecule has 1 aliphatic heterocycles. The van der Waals surface area contributed by atoms with Crippen LogP contribution in [-0.4, -0.2) is 30.2 Å². The monoisotopic (exact) mass is 262 g/mol. The van der Waals surface area contributed by atoms with Gasteiger partial charge in [-0.15, -0.1) is 0 Å². The Bertz CT molecular complexity index is 457. The van der Waals surface area contributed by atoms with E-state index >= 15 is 0 Å². The molecule has 0 aliphatic carbocycles. The summed E-state index contributed by atoms with van der Waals surface area (Å²) in [6.07, 6.45) is 1.80. The molecular formula is C15H22N2O2. The van der Waals surface area contributed by atoms with E-state index < -0.39 is 0 Å². The predicted molar refractivity (Wildman–Crippen MR) is 76.4 cm³/mol. The lowest BCUT2D eigenvalue weighted by Crippen LogP contribution is -2.38. The van der Waals surface area contributed by atoms with Crippen LogP contribution in [0.5, 0.6) is 0 Å². The van der Waals surface area contributed by atoms with Gasteiger partial charge >= 0.3 is 0 Å². The third kappa shape index (κ3) is 3.47. The summed E-state index contributed by atoms with van der Waals surface area (Å²) >= 11 is 0. The molecule has 0 spiro atoms. The average molecular weight is 262 g/mol. The van der Waals surface area contributed by atoms with Crippen LogP contribution in [0, 0.1) is 5.92 Å². The fraction of sp³-hybridized carbons (Fsp3) is 0.533. The lowest BCUT2D eigenvalue weighted by molar-refractivity contribution is 0.0908. The minimum absolute atomic E-state index is 0.0207. The molecular weight excluding hydrogens is 240 g/mol. The van der Waals surface area contributed by atoms with Crippen molar-refractivity contribution in [3.63, 3.8) is 0 Å². The maximum absolute atomic E-state index is 12.1. The van der Waals surface area contributed by atoms with E-state index in [9.17, 15) is 9.90 Å². The quantitative estimate of drug-likeness (QED) is 0.758. The maximum atomic E-state index is 12.1. The summed E-state index contributed by atoms with van der Waals surface area (Å²) < 4.78 is 0. The van der Waals surface area contributed by atoms with E-state index in [0.717, 1.165) is 25.1 Å². The van der Waals surface area contributed by atoms with E-state index in [1.54, 1.807) is 0 Å². The number of hydrogen-bond donors (Lipinski definition) is 3. The van der Waals surface area contributed by atoms with E-state index in [0.29, 0.717) is 11.5 Å². The van der Waals surface area contributed by atoms with Gasteiger partial charge in [0.05, 0.1) is 12.6 Å². The first-order chi connectivity index (χ1) is 9.10. The number of amides is 1. The lowest BCUT2D eigenvalue weighted by Gasteiger charge is -2.18. The van der Waals surface area contributed by atoms with Crippen molar-refractivity contribution in [2.45, 2.75) is 32.7 Å². The van der Waals surface area contributed by atoms with Crippen LogP contribution >= 0.6 is 0 Å². The van der Waals surface area contributed by atoms with Crippen molar-refractivity contribution in [1.82, 2.24) is 5.32 Å². The molecule has 1 amide bonds. The molecule has 1 aromatic carbocycles.